The smallest absolute Gasteiger partial charge is 0.165 e. The van der Waals surface area contributed by atoms with Gasteiger partial charge in [0.1, 0.15) is 11.6 Å². The van der Waals surface area contributed by atoms with E-state index < -0.39 is 5.82 Å². The molecule has 0 amide bonds. The van der Waals surface area contributed by atoms with Crippen molar-refractivity contribution in [1.29, 1.82) is 0 Å². The summed E-state index contributed by atoms with van der Waals surface area (Å²) in [6.07, 6.45) is 3.63. The number of benzene rings is 3. The van der Waals surface area contributed by atoms with Gasteiger partial charge in [0.05, 0.1) is 10.0 Å². The summed E-state index contributed by atoms with van der Waals surface area (Å²) in [5.41, 5.74) is 2.13. The Balaban J connectivity index is 1.67. The highest BCUT2D eigenvalue weighted by Crippen LogP contribution is 2.36. The second-order valence-electron chi connectivity index (χ2n) is 7.72. The van der Waals surface area contributed by atoms with Crippen LogP contribution >= 0.6 is 23.2 Å². The van der Waals surface area contributed by atoms with E-state index in [0.29, 0.717) is 15.8 Å². The molecule has 1 unspecified atom stereocenters. The highest BCUT2D eigenvalue weighted by molar-refractivity contribution is 6.42. The molecule has 0 saturated carbocycles. The molecule has 0 saturated heterocycles. The van der Waals surface area contributed by atoms with Crippen LogP contribution in [0.1, 0.15) is 44.2 Å². The first-order chi connectivity index (χ1) is 14.3. The van der Waals surface area contributed by atoms with Gasteiger partial charge in [0.25, 0.3) is 0 Å². The minimum Gasteiger partial charge on any atom is -0.454 e. The van der Waals surface area contributed by atoms with Crippen LogP contribution in [0.15, 0.2) is 60.7 Å². The molecule has 0 radical (unpaired) electrons. The third-order valence-electron chi connectivity index (χ3n) is 5.63. The fourth-order valence-electron chi connectivity index (χ4n) is 3.49. The zero-order valence-corrected chi connectivity index (χ0v) is 18.5. The van der Waals surface area contributed by atoms with Crippen molar-refractivity contribution in [3.8, 4) is 11.5 Å². The van der Waals surface area contributed by atoms with Crippen LogP contribution in [0.4, 0.5) is 8.78 Å². The SMILES string of the molecule is CCC(C)(CCCc1ccc(F)c(Oc2ccc(F)cc2)c1)c1ccc(Cl)c(Cl)c1. The average Bonchev–Trinajstić information content (AvgIpc) is 2.73. The van der Waals surface area contributed by atoms with Gasteiger partial charge in [-0.2, -0.15) is 0 Å². The first-order valence-corrected chi connectivity index (χ1v) is 10.7. The van der Waals surface area contributed by atoms with Crippen molar-refractivity contribution in [2.45, 2.75) is 44.9 Å². The Morgan fingerprint density at radius 2 is 1.63 bits per heavy atom. The van der Waals surface area contributed by atoms with E-state index in [9.17, 15) is 8.78 Å². The van der Waals surface area contributed by atoms with Crippen molar-refractivity contribution >= 4 is 23.2 Å². The van der Waals surface area contributed by atoms with E-state index >= 15 is 0 Å². The zero-order chi connectivity index (χ0) is 21.7. The topological polar surface area (TPSA) is 9.23 Å². The first kappa shape index (κ1) is 22.6. The predicted octanol–water partition coefficient (Wildman–Crippen LogP) is 8.75. The molecule has 0 aliphatic carbocycles. The van der Waals surface area contributed by atoms with Crippen LogP contribution in [0.25, 0.3) is 0 Å². The van der Waals surface area contributed by atoms with Crippen LogP contribution in [0.2, 0.25) is 10.0 Å². The van der Waals surface area contributed by atoms with E-state index in [4.69, 9.17) is 27.9 Å². The monoisotopic (exact) mass is 448 g/mol. The van der Waals surface area contributed by atoms with Crippen LogP contribution < -0.4 is 4.74 Å². The van der Waals surface area contributed by atoms with Gasteiger partial charge in [-0.05, 0) is 90.8 Å². The number of hydrogen-bond donors (Lipinski definition) is 0. The van der Waals surface area contributed by atoms with Gasteiger partial charge < -0.3 is 4.74 Å². The van der Waals surface area contributed by atoms with Gasteiger partial charge in [0.2, 0.25) is 0 Å². The number of ether oxygens (including phenoxy) is 1. The summed E-state index contributed by atoms with van der Waals surface area (Å²) in [6.45, 7) is 4.38. The molecule has 1 atom stereocenters. The maximum atomic E-state index is 14.2. The molecule has 5 heteroatoms. The lowest BCUT2D eigenvalue weighted by atomic mass is 9.76. The van der Waals surface area contributed by atoms with E-state index in [1.54, 1.807) is 12.1 Å². The first-order valence-electron chi connectivity index (χ1n) is 9.98. The third-order valence-corrected chi connectivity index (χ3v) is 6.37. The standard InChI is InChI=1S/C25H24Cl2F2O/c1-3-25(2,18-7-12-21(26)22(27)16-18)14-4-5-17-6-13-23(29)24(15-17)30-20-10-8-19(28)9-11-20/h6-13,15-16H,3-5,14H2,1-2H3. The molecule has 0 spiro atoms. The van der Waals surface area contributed by atoms with Crippen molar-refractivity contribution in [3.63, 3.8) is 0 Å². The second kappa shape index (κ2) is 9.80. The van der Waals surface area contributed by atoms with Gasteiger partial charge >= 0.3 is 0 Å². The third kappa shape index (κ3) is 5.53. The molecule has 0 aliphatic rings. The summed E-state index contributed by atoms with van der Waals surface area (Å²) in [6, 6.07) is 16.2. The van der Waals surface area contributed by atoms with Gasteiger partial charge in [-0.25, -0.2) is 8.78 Å². The number of rotatable bonds is 8. The van der Waals surface area contributed by atoms with Crippen molar-refractivity contribution in [1.82, 2.24) is 0 Å². The number of hydrogen-bond acceptors (Lipinski definition) is 1. The molecule has 0 N–H and O–H groups in total. The van der Waals surface area contributed by atoms with Crippen LogP contribution in [0.3, 0.4) is 0 Å². The summed E-state index contributed by atoms with van der Waals surface area (Å²) in [5.74, 6) is -0.276. The minimum absolute atomic E-state index is 0.0261. The van der Waals surface area contributed by atoms with Gasteiger partial charge in [-0.15, -0.1) is 0 Å². The zero-order valence-electron chi connectivity index (χ0n) is 17.0. The van der Waals surface area contributed by atoms with Gasteiger partial charge in [0, 0.05) is 0 Å². The van der Waals surface area contributed by atoms with Crippen LogP contribution in [-0.2, 0) is 11.8 Å². The van der Waals surface area contributed by atoms with Gasteiger partial charge in [-0.1, -0.05) is 49.2 Å². The van der Waals surface area contributed by atoms with Crippen molar-refractivity contribution in [3.05, 3.63) is 93.5 Å². The molecule has 1 nitrogen and oxygen atoms in total. The molecular formula is C25H24Cl2F2O. The molecule has 3 aromatic rings. The lowest BCUT2D eigenvalue weighted by Gasteiger charge is -2.29. The van der Waals surface area contributed by atoms with Crippen molar-refractivity contribution in [2.75, 3.05) is 0 Å². The Labute approximate surface area is 186 Å². The van der Waals surface area contributed by atoms with E-state index in [0.717, 1.165) is 31.2 Å². The Hall–Kier alpha value is -2.10. The fraction of sp³-hybridized carbons (Fsp3) is 0.280. The van der Waals surface area contributed by atoms with Crippen LogP contribution in [0.5, 0.6) is 11.5 Å². The molecule has 30 heavy (non-hydrogen) atoms. The molecule has 3 aromatic carbocycles. The average molecular weight is 449 g/mol. The van der Waals surface area contributed by atoms with E-state index in [1.807, 2.05) is 18.2 Å². The molecular weight excluding hydrogens is 425 g/mol. The quantitative estimate of drug-likeness (QED) is 0.334. The highest BCUT2D eigenvalue weighted by atomic mass is 35.5. The van der Waals surface area contributed by atoms with Crippen LogP contribution in [0, 0.1) is 11.6 Å². The maximum Gasteiger partial charge on any atom is 0.165 e. The van der Waals surface area contributed by atoms with E-state index in [-0.39, 0.29) is 17.0 Å². The molecule has 0 aliphatic heterocycles. The van der Waals surface area contributed by atoms with E-state index in [2.05, 4.69) is 13.8 Å². The second-order valence-corrected chi connectivity index (χ2v) is 8.53. The maximum absolute atomic E-state index is 14.2. The molecule has 0 bridgehead atoms. The molecule has 3 rings (SSSR count). The van der Waals surface area contributed by atoms with Crippen molar-refractivity contribution < 1.29 is 13.5 Å². The molecule has 158 valence electrons. The Kier molecular flexibility index (Phi) is 7.38. The normalized spacial score (nSPS) is 13.1. The lowest BCUT2D eigenvalue weighted by Crippen LogP contribution is -2.21. The predicted molar refractivity (Wildman–Crippen MR) is 120 cm³/mol. The summed E-state index contributed by atoms with van der Waals surface area (Å²) in [4.78, 5) is 0. The summed E-state index contributed by atoms with van der Waals surface area (Å²) in [7, 11) is 0. The van der Waals surface area contributed by atoms with Crippen molar-refractivity contribution in [2.24, 2.45) is 0 Å². The van der Waals surface area contributed by atoms with Gasteiger partial charge in [-0.3, -0.25) is 0 Å². The lowest BCUT2D eigenvalue weighted by molar-refractivity contribution is 0.405. The molecule has 0 fully saturated rings. The largest absolute Gasteiger partial charge is 0.454 e. The highest BCUT2D eigenvalue weighted by Gasteiger charge is 2.24. The van der Waals surface area contributed by atoms with Crippen LogP contribution in [-0.4, -0.2) is 0 Å². The number of halogens is 4. The van der Waals surface area contributed by atoms with Gasteiger partial charge in [0.15, 0.2) is 11.6 Å². The number of aryl methyl sites for hydroxylation is 1. The fourth-order valence-corrected chi connectivity index (χ4v) is 3.79. The minimum atomic E-state index is -0.447. The summed E-state index contributed by atoms with van der Waals surface area (Å²) in [5, 5.41) is 1.12. The molecule has 0 aromatic heterocycles. The Morgan fingerprint density at radius 3 is 2.30 bits per heavy atom. The molecule has 0 heterocycles. The summed E-state index contributed by atoms with van der Waals surface area (Å²) >= 11 is 12.3. The Bertz CT molecular complexity index is 1000. The Morgan fingerprint density at radius 1 is 0.900 bits per heavy atom. The van der Waals surface area contributed by atoms with E-state index in [1.165, 1.54) is 35.9 Å². The summed E-state index contributed by atoms with van der Waals surface area (Å²) < 4.78 is 32.8.